The molecule has 0 aliphatic carbocycles. The van der Waals surface area contributed by atoms with Crippen LogP contribution in [0.1, 0.15) is 34.5 Å². The molecule has 5 heteroatoms. The number of carbonyl (C=O) groups is 2. The number of Topliss-reactive ketones (excluding diaryl/α,β-unsaturated/α-hetero) is 1. The van der Waals surface area contributed by atoms with Gasteiger partial charge in [0.25, 0.3) is 0 Å². The third-order valence-corrected chi connectivity index (χ3v) is 5.72. The van der Waals surface area contributed by atoms with Gasteiger partial charge in [0.1, 0.15) is 0 Å². The molecule has 0 aliphatic heterocycles. The number of H-pyrrole nitrogens is 1. The number of para-hydroxylation sites is 2. The summed E-state index contributed by atoms with van der Waals surface area (Å²) in [5.74, 6) is -0.195. The maximum atomic E-state index is 13.7. The second-order valence-electron chi connectivity index (χ2n) is 7.90. The number of aromatic amines is 1. The van der Waals surface area contributed by atoms with Gasteiger partial charge in [-0.05, 0) is 36.7 Å². The molecule has 1 atom stereocenters. The van der Waals surface area contributed by atoms with Crippen molar-refractivity contribution in [2.75, 3.05) is 18.9 Å². The summed E-state index contributed by atoms with van der Waals surface area (Å²) in [6.45, 7) is 2.15. The van der Waals surface area contributed by atoms with Crippen LogP contribution in [0.4, 0.5) is 5.69 Å². The molecule has 162 valence electrons. The largest absolute Gasteiger partial charge is 0.360 e. The predicted octanol–water partition coefficient (Wildman–Crippen LogP) is 5.22. The van der Waals surface area contributed by atoms with E-state index < -0.39 is 6.04 Å². The number of rotatable bonds is 8. The summed E-state index contributed by atoms with van der Waals surface area (Å²) >= 11 is 0. The van der Waals surface area contributed by atoms with Gasteiger partial charge in [0.15, 0.2) is 5.78 Å². The van der Waals surface area contributed by atoms with Crippen molar-refractivity contribution in [3.63, 3.8) is 0 Å². The van der Waals surface area contributed by atoms with E-state index in [2.05, 4.69) is 17.2 Å². The van der Waals surface area contributed by atoms with Crippen molar-refractivity contribution >= 4 is 28.3 Å². The van der Waals surface area contributed by atoms with Gasteiger partial charge in [-0.1, -0.05) is 73.7 Å². The second-order valence-corrected chi connectivity index (χ2v) is 7.90. The highest BCUT2D eigenvalue weighted by Crippen LogP contribution is 2.28. The van der Waals surface area contributed by atoms with Crippen LogP contribution in [0.15, 0.2) is 85.1 Å². The van der Waals surface area contributed by atoms with E-state index in [1.165, 1.54) is 0 Å². The number of hydrogen-bond acceptors (Lipinski definition) is 3. The van der Waals surface area contributed by atoms with Crippen molar-refractivity contribution in [2.24, 2.45) is 0 Å². The maximum Gasteiger partial charge on any atom is 0.238 e. The standard InChI is InChI=1S/C27H27N3O2/c1-3-19-11-7-9-15-23(19)29-25(31)18-30(2)26(20-12-5-4-6-13-20)27(32)22-17-28-24-16-10-8-14-21(22)24/h4-17,26,28H,3,18H2,1-2H3,(H,29,31). The minimum Gasteiger partial charge on any atom is -0.360 e. The molecule has 0 aliphatic rings. The van der Waals surface area contributed by atoms with Gasteiger partial charge in [0, 0.05) is 28.4 Å². The van der Waals surface area contributed by atoms with Crippen LogP contribution in [0.3, 0.4) is 0 Å². The lowest BCUT2D eigenvalue weighted by Gasteiger charge is -2.27. The zero-order chi connectivity index (χ0) is 22.5. The van der Waals surface area contributed by atoms with E-state index in [0.29, 0.717) is 5.56 Å². The van der Waals surface area contributed by atoms with Crippen molar-refractivity contribution in [2.45, 2.75) is 19.4 Å². The van der Waals surface area contributed by atoms with E-state index in [1.807, 2.05) is 90.8 Å². The number of nitrogens with one attached hydrogen (secondary N) is 2. The maximum absolute atomic E-state index is 13.7. The number of benzene rings is 3. The summed E-state index contributed by atoms with van der Waals surface area (Å²) in [5.41, 5.74) is 4.29. The monoisotopic (exact) mass is 425 g/mol. The van der Waals surface area contributed by atoms with Crippen molar-refractivity contribution in [1.29, 1.82) is 0 Å². The third-order valence-electron chi connectivity index (χ3n) is 5.72. The van der Waals surface area contributed by atoms with Crippen LogP contribution in [0.2, 0.25) is 0 Å². The molecule has 0 bridgehead atoms. The summed E-state index contributed by atoms with van der Waals surface area (Å²) in [6.07, 6.45) is 2.59. The summed E-state index contributed by atoms with van der Waals surface area (Å²) in [7, 11) is 1.82. The molecule has 3 aromatic carbocycles. The topological polar surface area (TPSA) is 65.2 Å². The molecule has 4 aromatic rings. The zero-order valence-corrected chi connectivity index (χ0v) is 18.3. The molecule has 0 spiro atoms. The van der Waals surface area contributed by atoms with Gasteiger partial charge < -0.3 is 10.3 Å². The number of carbonyl (C=O) groups excluding carboxylic acids is 2. The van der Waals surface area contributed by atoms with E-state index in [-0.39, 0.29) is 18.2 Å². The number of fused-ring (bicyclic) bond motifs is 1. The highest BCUT2D eigenvalue weighted by Gasteiger charge is 2.29. The molecule has 1 aromatic heterocycles. The highest BCUT2D eigenvalue weighted by molar-refractivity contribution is 6.10. The number of aryl methyl sites for hydroxylation is 1. The highest BCUT2D eigenvalue weighted by atomic mass is 16.2. The smallest absolute Gasteiger partial charge is 0.238 e. The normalized spacial score (nSPS) is 12.1. The molecule has 32 heavy (non-hydrogen) atoms. The summed E-state index contributed by atoms with van der Waals surface area (Å²) in [4.78, 5) is 31.6. The minimum atomic E-state index is -0.581. The van der Waals surface area contributed by atoms with E-state index in [0.717, 1.165) is 34.1 Å². The summed E-state index contributed by atoms with van der Waals surface area (Å²) in [6, 6.07) is 24.6. The van der Waals surface area contributed by atoms with Gasteiger partial charge >= 0.3 is 0 Å². The average Bonchev–Trinajstić information content (AvgIpc) is 3.24. The van der Waals surface area contributed by atoms with Gasteiger partial charge in [-0.2, -0.15) is 0 Å². The number of hydrogen-bond donors (Lipinski definition) is 2. The Kier molecular flexibility index (Phi) is 6.47. The molecule has 0 radical (unpaired) electrons. The lowest BCUT2D eigenvalue weighted by molar-refractivity contribution is -0.117. The molecule has 4 rings (SSSR count). The van der Waals surface area contributed by atoms with Crippen molar-refractivity contribution in [3.8, 4) is 0 Å². The molecule has 0 fully saturated rings. The Morgan fingerprint density at radius 2 is 1.62 bits per heavy atom. The van der Waals surface area contributed by atoms with E-state index >= 15 is 0 Å². The fraction of sp³-hybridized carbons (Fsp3) is 0.185. The Morgan fingerprint density at radius 1 is 0.938 bits per heavy atom. The van der Waals surface area contributed by atoms with Crippen LogP contribution in [0, 0.1) is 0 Å². The number of likely N-dealkylation sites (N-methyl/N-ethyl adjacent to an activating group) is 1. The zero-order valence-electron chi connectivity index (χ0n) is 18.3. The van der Waals surface area contributed by atoms with E-state index in [4.69, 9.17) is 0 Å². The van der Waals surface area contributed by atoms with E-state index in [1.54, 1.807) is 6.20 Å². The van der Waals surface area contributed by atoms with Gasteiger partial charge in [-0.25, -0.2) is 0 Å². The van der Waals surface area contributed by atoms with Gasteiger partial charge in [-0.15, -0.1) is 0 Å². The first kappa shape index (κ1) is 21.5. The average molecular weight is 426 g/mol. The number of amides is 1. The van der Waals surface area contributed by atoms with Gasteiger partial charge in [-0.3, -0.25) is 14.5 Å². The molecule has 0 saturated heterocycles. The Morgan fingerprint density at radius 3 is 2.41 bits per heavy atom. The fourth-order valence-electron chi connectivity index (χ4n) is 4.12. The van der Waals surface area contributed by atoms with E-state index in [9.17, 15) is 9.59 Å². The summed E-state index contributed by atoms with van der Waals surface area (Å²) < 4.78 is 0. The van der Waals surface area contributed by atoms with Crippen molar-refractivity contribution < 1.29 is 9.59 Å². The first-order valence-electron chi connectivity index (χ1n) is 10.8. The number of anilines is 1. The predicted molar refractivity (Wildman–Crippen MR) is 129 cm³/mol. The lowest BCUT2D eigenvalue weighted by Crippen LogP contribution is -2.37. The molecule has 1 amide bonds. The Balaban J connectivity index is 1.60. The molecule has 1 heterocycles. The quantitative estimate of drug-likeness (QED) is 0.380. The van der Waals surface area contributed by atoms with Crippen LogP contribution in [-0.2, 0) is 11.2 Å². The molecule has 2 N–H and O–H groups in total. The van der Waals surface area contributed by atoms with Crippen LogP contribution < -0.4 is 5.32 Å². The third kappa shape index (κ3) is 4.48. The van der Waals surface area contributed by atoms with Crippen LogP contribution in [0.5, 0.6) is 0 Å². The first-order valence-corrected chi connectivity index (χ1v) is 10.8. The minimum absolute atomic E-state index is 0.0436. The Hall–Kier alpha value is -3.70. The van der Waals surface area contributed by atoms with Gasteiger partial charge in [0.2, 0.25) is 5.91 Å². The van der Waals surface area contributed by atoms with Gasteiger partial charge in [0.05, 0.1) is 12.6 Å². The lowest BCUT2D eigenvalue weighted by atomic mass is 9.96. The fourth-order valence-corrected chi connectivity index (χ4v) is 4.12. The Labute approximate surface area is 188 Å². The number of ketones is 1. The summed E-state index contributed by atoms with van der Waals surface area (Å²) in [5, 5.41) is 3.89. The second kappa shape index (κ2) is 9.62. The first-order chi connectivity index (χ1) is 15.6. The van der Waals surface area contributed by atoms with Crippen LogP contribution in [0.25, 0.3) is 10.9 Å². The van der Waals surface area contributed by atoms with Crippen molar-refractivity contribution in [3.05, 3.63) is 102 Å². The SMILES string of the molecule is CCc1ccccc1NC(=O)CN(C)C(C(=O)c1c[nH]c2ccccc12)c1ccccc1. The molecular weight excluding hydrogens is 398 g/mol. The molecule has 5 nitrogen and oxygen atoms in total. The molecule has 0 saturated carbocycles. The van der Waals surface area contributed by atoms with Crippen molar-refractivity contribution in [1.82, 2.24) is 9.88 Å². The number of nitrogens with zero attached hydrogens (tertiary/aromatic N) is 1. The molecular formula is C27H27N3O2. The molecule has 1 unspecified atom stereocenters. The number of aromatic nitrogens is 1. The van der Waals surface area contributed by atoms with Crippen LogP contribution >= 0.6 is 0 Å². The van der Waals surface area contributed by atoms with Crippen LogP contribution in [-0.4, -0.2) is 35.2 Å². The Bertz CT molecular complexity index is 1230.